The number of piperidine rings is 1. The number of carbonyl (C=O) groups is 1. The minimum atomic E-state index is -3.51. The Balaban J connectivity index is 1.48. The molecule has 27 heavy (non-hydrogen) atoms. The quantitative estimate of drug-likeness (QED) is 0.752. The molecule has 1 heterocycles. The highest BCUT2D eigenvalue weighted by atomic mass is 32.2. The maximum absolute atomic E-state index is 12.5. The topological polar surface area (TPSA) is 66.5 Å². The van der Waals surface area contributed by atoms with Gasteiger partial charge in [0.05, 0.1) is 10.6 Å². The number of thioether (sulfide) groups is 1. The first kappa shape index (κ1) is 19.9. The number of nitrogens with one attached hydrogen (secondary N) is 1. The van der Waals surface area contributed by atoms with Crippen molar-refractivity contribution in [1.82, 2.24) is 9.62 Å². The summed E-state index contributed by atoms with van der Waals surface area (Å²) in [5.41, 5.74) is 1.17. The summed E-state index contributed by atoms with van der Waals surface area (Å²) < 4.78 is 27.6. The molecule has 2 aromatic carbocycles. The molecule has 1 aliphatic rings. The second-order valence-electron chi connectivity index (χ2n) is 6.64. The molecule has 0 spiro atoms. The van der Waals surface area contributed by atoms with Crippen LogP contribution < -0.4 is 4.72 Å². The molecule has 1 fully saturated rings. The largest absolute Gasteiger partial charge is 0.342 e. The normalized spacial score (nSPS) is 15.7. The van der Waals surface area contributed by atoms with E-state index in [2.05, 4.69) is 4.72 Å². The van der Waals surface area contributed by atoms with Gasteiger partial charge in [0.1, 0.15) is 0 Å². The van der Waals surface area contributed by atoms with Crippen molar-refractivity contribution in [3.05, 3.63) is 60.2 Å². The van der Waals surface area contributed by atoms with Crippen LogP contribution in [-0.4, -0.2) is 44.1 Å². The Morgan fingerprint density at radius 2 is 1.70 bits per heavy atom. The van der Waals surface area contributed by atoms with Crippen LogP contribution in [0.1, 0.15) is 18.4 Å². The van der Waals surface area contributed by atoms with Crippen LogP contribution in [0, 0.1) is 6.92 Å². The highest BCUT2D eigenvalue weighted by Crippen LogP contribution is 2.23. The van der Waals surface area contributed by atoms with E-state index in [0.29, 0.717) is 31.7 Å². The van der Waals surface area contributed by atoms with Gasteiger partial charge in [-0.15, -0.1) is 11.8 Å². The van der Waals surface area contributed by atoms with Crippen molar-refractivity contribution in [1.29, 1.82) is 0 Å². The number of hydrogen-bond acceptors (Lipinski definition) is 4. The van der Waals surface area contributed by atoms with E-state index >= 15 is 0 Å². The first-order chi connectivity index (χ1) is 13.0. The highest BCUT2D eigenvalue weighted by Gasteiger charge is 2.26. The van der Waals surface area contributed by atoms with Crippen LogP contribution >= 0.6 is 11.8 Å². The molecule has 5 nitrogen and oxygen atoms in total. The van der Waals surface area contributed by atoms with Crippen LogP contribution in [0.15, 0.2) is 64.4 Å². The zero-order valence-electron chi connectivity index (χ0n) is 15.3. The van der Waals surface area contributed by atoms with Crippen LogP contribution in [0.4, 0.5) is 0 Å². The minimum Gasteiger partial charge on any atom is -0.342 e. The lowest BCUT2D eigenvalue weighted by atomic mass is 10.1. The summed E-state index contributed by atoms with van der Waals surface area (Å²) in [7, 11) is -3.51. The second-order valence-corrected chi connectivity index (χ2v) is 9.37. The summed E-state index contributed by atoms with van der Waals surface area (Å²) in [5.74, 6) is 0.512. The van der Waals surface area contributed by atoms with Gasteiger partial charge in [0, 0.05) is 24.0 Å². The molecule has 144 valence electrons. The van der Waals surface area contributed by atoms with Crippen molar-refractivity contribution in [3.8, 4) is 0 Å². The lowest BCUT2D eigenvalue weighted by molar-refractivity contribution is -0.129. The Labute approximate surface area is 165 Å². The summed E-state index contributed by atoms with van der Waals surface area (Å²) in [5, 5.41) is 0. The Bertz CT molecular complexity index is 877. The fourth-order valence-electron chi connectivity index (χ4n) is 3.08. The van der Waals surface area contributed by atoms with Gasteiger partial charge >= 0.3 is 0 Å². The smallest absolute Gasteiger partial charge is 0.240 e. The minimum absolute atomic E-state index is 0.104. The fourth-order valence-corrected chi connectivity index (χ4v) is 5.34. The number of aryl methyl sites for hydroxylation is 1. The van der Waals surface area contributed by atoms with Crippen molar-refractivity contribution >= 4 is 27.7 Å². The maximum atomic E-state index is 12.5. The summed E-state index contributed by atoms with van der Waals surface area (Å²) >= 11 is 1.55. The van der Waals surface area contributed by atoms with Gasteiger partial charge in [0.25, 0.3) is 0 Å². The number of rotatable bonds is 6. The first-order valence-corrected chi connectivity index (χ1v) is 11.5. The van der Waals surface area contributed by atoms with Crippen molar-refractivity contribution in [2.45, 2.75) is 35.6 Å². The van der Waals surface area contributed by atoms with Crippen LogP contribution in [0.2, 0.25) is 0 Å². The third-order valence-corrected chi connectivity index (χ3v) is 7.36. The van der Waals surface area contributed by atoms with Crippen LogP contribution in [0.25, 0.3) is 0 Å². The molecule has 0 saturated carbocycles. The van der Waals surface area contributed by atoms with E-state index in [4.69, 9.17) is 0 Å². The van der Waals surface area contributed by atoms with Gasteiger partial charge in [-0.1, -0.05) is 36.4 Å². The van der Waals surface area contributed by atoms with Gasteiger partial charge < -0.3 is 4.90 Å². The summed E-state index contributed by atoms with van der Waals surface area (Å²) in [6.07, 6.45) is 1.26. The molecule has 0 unspecified atom stereocenters. The van der Waals surface area contributed by atoms with E-state index in [9.17, 15) is 13.2 Å². The lowest BCUT2D eigenvalue weighted by Gasteiger charge is -2.32. The number of nitrogens with zero attached hydrogens (tertiary/aromatic N) is 1. The maximum Gasteiger partial charge on any atom is 0.240 e. The number of sulfonamides is 1. The molecule has 1 saturated heterocycles. The summed E-state index contributed by atoms with van der Waals surface area (Å²) in [6, 6.07) is 16.3. The first-order valence-electron chi connectivity index (χ1n) is 8.99. The zero-order valence-corrected chi connectivity index (χ0v) is 16.9. The zero-order chi connectivity index (χ0) is 19.3. The van der Waals surface area contributed by atoms with E-state index in [1.807, 2.05) is 36.1 Å². The van der Waals surface area contributed by atoms with Gasteiger partial charge in [-0.25, -0.2) is 13.1 Å². The van der Waals surface area contributed by atoms with Gasteiger partial charge in [-0.05, 0) is 43.5 Å². The van der Waals surface area contributed by atoms with E-state index < -0.39 is 10.0 Å². The van der Waals surface area contributed by atoms with Crippen molar-refractivity contribution in [2.75, 3.05) is 18.8 Å². The third-order valence-electron chi connectivity index (χ3n) is 4.67. The summed E-state index contributed by atoms with van der Waals surface area (Å²) in [6.45, 7) is 3.20. The number of carbonyl (C=O) groups excluding carboxylic acids is 1. The van der Waals surface area contributed by atoms with E-state index in [1.165, 1.54) is 5.56 Å². The lowest BCUT2D eigenvalue weighted by Crippen LogP contribution is -2.47. The molecule has 0 atom stereocenters. The van der Waals surface area contributed by atoms with Gasteiger partial charge in [-0.3, -0.25) is 4.79 Å². The molecule has 0 aromatic heterocycles. The van der Waals surface area contributed by atoms with Gasteiger partial charge in [0.15, 0.2) is 0 Å². The van der Waals surface area contributed by atoms with Crippen molar-refractivity contribution < 1.29 is 13.2 Å². The molecule has 1 amide bonds. The van der Waals surface area contributed by atoms with Gasteiger partial charge in [0.2, 0.25) is 15.9 Å². The molecular weight excluding hydrogens is 380 g/mol. The number of likely N-dealkylation sites (tertiary alicyclic amines) is 1. The average molecular weight is 405 g/mol. The van der Waals surface area contributed by atoms with E-state index in [0.717, 1.165) is 4.90 Å². The molecular formula is C20H24N2O3S2. The van der Waals surface area contributed by atoms with Crippen molar-refractivity contribution in [2.24, 2.45) is 0 Å². The summed E-state index contributed by atoms with van der Waals surface area (Å²) in [4.78, 5) is 15.7. The second kappa shape index (κ2) is 8.91. The Kier molecular flexibility index (Phi) is 6.57. The monoisotopic (exact) mass is 404 g/mol. The molecule has 0 aliphatic carbocycles. The van der Waals surface area contributed by atoms with Crippen LogP contribution in [0.5, 0.6) is 0 Å². The predicted molar refractivity (Wildman–Crippen MR) is 108 cm³/mol. The highest BCUT2D eigenvalue weighted by molar-refractivity contribution is 8.00. The Morgan fingerprint density at radius 3 is 2.37 bits per heavy atom. The van der Waals surface area contributed by atoms with Crippen molar-refractivity contribution in [3.63, 3.8) is 0 Å². The van der Waals surface area contributed by atoms with Crippen LogP contribution in [0.3, 0.4) is 0 Å². The van der Waals surface area contributed by atoms with Crippen LogP contribution in [-0.2, 0) is 14.8 Å². The molecule has 1 N–H and O–H groups in total. The number of benzene rings is 2. The molecule has 1 aliphatic heterocycles. The fraction of sp³-hybridized carbons (Fsp3) is 0.350. The van der Waals surface area contributed by atoms with E-state index in [-0.39, 0.29) is 16.8 Å². The predicted octanol–water partition coefficient (Wildman–Crippen LogP) is 3.06. The molecule has 2 aromatic rings. The molecule has 3 rings (SSSR count). The Hall–Kier alpha value is -1.83. The average Bonchev–Trinajstić information content (AvgIpc) is 2.68. The third kappa shape index (κ3) is 5.34. The number of hydrogen-bond donors (Lipinski definition) is 1. The number of amides is 1. The SMILES string of the molecule is Cc1ccccc1SCC(=O)N1CCC(NS(=O)(=O)c2ccccc2)CC1. The van der Waals surface area contributed by atoms with E-state index in [1.54, 1.807) is 42.1 Å². The van der Waals surface area contributed by atoms with Gasteiger partial charge in [-0.2, -0.15) is 0 Å². The standard InChI is InChI=1S/C20H24N2O3S2/c1-16-7-5-6-10-19(16)26-15-20(23)22-13-11-17(12-14-22)21-27(24,25)18-8-3-2-4-9-18/h2-10,17,21H,11-15H2,1H3. The molecule has 0 bridgehead atoms. The molecule has 7 heteroatoms. The Morgan fingerprint density at radius 1 is 1.07 bits per heavy atom. The molecule has 0 radical (unpaired) electrons.